The van der Waals surface area contributed by atoms with Crippen molar-refractivity contribution in [2.45, 2.75) is 65.0 Å². The Morgan fingerprint density at radius 2 is 2.12 bits per heavy atom. The average Bonchev–Trinajstić information content (AvgIpc) is 3.04. The van der Waals surface area contributed by atoms with Gasteiger partial charge in [0.15, 0.2) is 5.82 Å². The van der Waals surface area contributed by atoms with Crippen molar-refractivity contribution in [3.05, 3.63) is 11.7 Å². The third-order valence-electron chi connectivity index (χ3n) is 4.94. The molecule has 24 heavy (non-hydrogen) atoms. The van der Waals surface area contributed by atoms with Gasteiger partial charge in [-0.05, 0) is 38.6 Å². The van der Waals surface area contributed by atoms with Crippen molar-refractivity contribution in [1.82, 2.24) is 15.0 Å². The summed E-state index contributed by atoms with van der Waals surface area (Å²) >= 11 is 0. The third-order valence-corrected chi connectivity index (χ3v) is 4.94. The molecule has 1 unspecified atom stereocenters. The third kappa shape index (κ3) is 4.77. The van der Waals surface area contributed by atoms with Crippen LogP contribution in [0.1, 0.15) is 70.2 Å². The van der Waals surface area contributed by atoms with E-state index in [2.05, 4.69) is 10.1 Å². The number of amides is 1. The summed E-state index contributed by atoms with van der Waals surface area (Å²) in [7, 11) is 1.77. The maximum atomic E-state index is 12.6. The number of rotatable bonds is 8. The summed E-state index contributed by atoms with van der Waals surface area (Å²) in [6.45, 7) is 5.27. The van der Waals surface area contributed by atoms with Gasteiger partial charge in [0.2, 0.25) is 11.8 Å². The van der Waals surface area contributed by atoms with Crippen LogP contribution in [0.3, 0.4) is 0 Å². The van der Waals surface area contributed by atoms with Gasteiger partial charge in [0.1, 0.15) is 6.10 Å². The van der Waals surface area contributed by atoms with Crippen molar-refractivity contribution in [3.63, 3.8) is 0 Å². The van der Waals surface area contributed by atoms with Crippen LogP contribution in [-0.4, -0.2) is 41.1 Å². The van der Waals surface area contributed by atoms with Crippen LogP contribution in [0.4, 0.5) is 0 Å². The largest absolute Gasteiger partial charge is 0.371 e. The number of hydrogen-bond acceptors (Lipinski definition) is 6. The molecule has 1 amide bonds. The molecule has 0 radical (unpaired) electrons. The first-order chi connectivity index (χ1) is 11.5. The number of carbonyl (C=O) groups is 1. The second-order valence-corrected chi connectivity index (χ2v) is 6.84. The highest BCUT2D eigenvalue weighted by Gasteiger charge is 2.34. The molecule has 1 saturated carbocycles. The average molecular weight is 338 g/mol. The van der Waals surface area contributed by atoms with E-state index < -0.39 is 0 Å². The first kappa shape index (κ1) is 18.9. The Balaban J connectivity index is 1.91. The van der Waals surface area contributed by atoms with Crippen molar-refractivity contribution in [2.75, 3.05) is 20.2 Å². The van der Waals surface area contributed by atoms with Crippen LogP contribution in [0.25, 0.3) is 0 Å². The standard InChI is InChI=1S/C17H30N4O3/c1-4-23-13(2)16-19-14(24-20-16)11-21(3)15(22)10-17(12-18)8-6-5-7-9-17/h13H,4-12,18H2,1-3H3. The maximum Gasteiger partial charge on any atom is 0.246 e. The lowest BCUT2D eigenvalue weighted by atomic mass is 9.71. The van der Waals surface area contributed by atoms with Crippen molar-refractivity contribution in [1.29, 1.82) is 0 Å². The Kier molecular flexibility index (Phi) is 6.74. The van der Waals surface area contributed by atoms with E-state index in [-0.39, 0.29) is 17.4 Å². The molecule has 1 aromatic heterocycles. The lowest BCUT2D eigenvalue weighted by Crippen LogP contribution is -2.39. The Morgan fingerprint density at radius 3 is 2.75 bits per heavy atom. The lowest BCUT2D eigenvalue weighted by molar-refractivity contribution is -0.133. The van der Waals surface area contributed by atoms with Crippen LogP contribution in [0.15, 0.2) is 4.52 Å². The molecule has 0 saturated heterocycles. The number of hydrogen-bond donors (Lipinski definition) is 1. The van der Waals surface area contributed by atoms with Gasteiger partial charge in [0, 0.05) is 20.1 Å². The molecule has 0 bridgehead atoms. The van der Waals surface area contributed by atoms with E-state index in [4.69, 9.17) is 15.0 Å². The highest BCUT2D eigenvalue weighted by molar-refractivity contribution is 5.76. The molecule has 1 fully saturated rings. The molecule has 1 aliphatic carbocycles. The summed E-state index contributed by atoms with van der Waals surface area (Å²) in [5.74, 6) is 1.02. The van der Waals surface area contributed by atoms with E-state index in [1.54, 1.807) is 11.9 Å². The van der Waals surface area contributed by atoms with Crippen LogP contribution in [0.2, 0.25) is 0 Å². The van der Waals surface area contributed by atoms with Gasteiger partial charge in [-0.2, -0.15) is 4.98 Å². The van der Waals surface area contributed by atoms with Gasteiger partial charge in [-0.1, -0.05) is 24.4 Å². The van der Waals surface area contributed by atoms with Gasteiger partial charge in [0.05, 0.1) is 6.54 Å². The summed E-state index contributed by atoms with van der Waals surface area (Å²) in [4.78, 5) is 18.5. The molecular formula is C17H30N4O3. The van der Waals surface area contributed by atoms with Gasteiger partial charge in [0.25, 0.3) is 0 Å². The van der Waals surface area contributed by atoms with E-state index in [0.29, 0.717) is 37.8 Å². The van der Waals surface area contributed by atoms with Crippen LogP contribution >= 0.6 is 0 Å². The normalized spacial score (nSPS) is 18.3. The fourth-order valence-corrected chi connectivity index (χ4v) is 3.32. The van der Waals surface area contributed by atoms with Gasteiger partial charge >= 0.3 is 0 Å². The monoisotopic (exact) mass is 338 g/mol. The second kappa shape index (κ2) is 8.58. The Morgan fingerprint density at radius 1 is 1.42 bits per heavy atom. The maximum absolute atomic E-state index is 12.6. The highest BCUT2D eigenvalue weighted by Crippen LogP contribution is 2.38. The molecular weight excluding hydrogens is 308 g/mol. The van der Waals surface area contributed by atoms with Crippen molar-refractivity contribution >= 4 is 5.91 Å². The molecule has 1 aromatic rings. The topological polar surface area (TPSA) is 94.5 Å². The molecule has 0 aliphatic heterocycles. The fourth-order valence-electron chi connectivity index (χ4n) is 3.32. The second-order valence-electron chi connectivity index (χ2n) is 6.84. The van der Waals surface area contributed by atoms with E-state index in [1.807, 2.05) is 13.8 Å². The fraction of sp³-hybridized carbons (Fsp3) is 0.824. The molecule has 0 spiro atoms. The molecule has 1 heterocycles. The summed E-state index contributed by atoms with van der Waals surface area (Å²) in [5.41, 5.74) is 5.94. The minimum Gasteiger partial charge on any atom is -0.371 e. The number of aromatic nitrogens is 2. The summed E-state index contributed by atoms with van der Waals surface area (Å²) in [6, 6.07) is 0. The van der Waals surface area contributed by atoms with Gasteiger partial charge in [-0.15, -0.1) is 0 Å². The molecule has 2 N–H and O–H groups in total. The number of carbonyl (C=O) groups excluding carboxylic acids is 1. The lowest BCUT2D eigenvalue weighted by Gasteiger charge is -2.36. The molecule has 2 rings (SSSR count). The van der Waals surface area contributed by atoms with Crippen LogP contribution in [-0.2, 0) is 16.1 Å². The summed E-state index contributed by atoms with van der Waals surface area (Å²) in [5, 5.41) is 3.92. The van der Waals surface area contributed by atoms with Crippen molar-refractivity contribution in [2.24, 2.45) is 11.1 Å². The van der Waals surface area contributed by atoms with E-state index in [9.17, 15) is 4.79 Å². The SMILES string of the molecule is CCOC(C)c1noc(CN(C)C(=O)CC2(CN)CCCCC2)n1. The number of nitrogens with zero attached hydrogens (tertiary/aromatic N) is 3. The van der Waals surface area contributed by atoms with Gasteiger partial charge in [-0.3, -0.25) is 4.79 Å². The van der Waals surface area contributed by atoms with Crippen molar-refractivity contribution in [3.8, 4) is 0 Å². The minimum absolute atomic E-state index is 0.0346. The highest BCUT2D eigenvalue weighted by atomic mass is 16.5. The first-order valence-electron chi connectivity index (χ1n) is 8.88. The van der Waals surface area contributed by atoms with Gasteiger partial charge in [-0.25, -0.2) is 0 Å². The molecule has 0 aromatic carbocycles. The predicted molar refractivity (Wildman–Crippen MR) is 90.0 cm³/mol. The van der Waals surface area contributed by atoms with Crippen molar-refractivity contribution < 1.29 is 14.1 Å². The van der Waals surface area contributed by atoms with E-state index in [1.165, 1.54) is 6.42 Å². The zero-order valence-electron chi connectivity index (χ0n) is 15.1. The zero-order valence-corrected chi connectivity index (χ0v) is 15.1. The minimum atomic E-state index is -0.212. The summed E-state index contributed by atoms with van der Waals surface area (Å²) < 4.78 is 10.7. The zero-order chi connectivity index (χ0) is 17.6. The molecule has 7 nitrogen and oxygen atoms in total. The predicted octanol–water partition coefficient (Wildman–Crippen LogP) is 2.42. The number of nitrogens with two attached hydrogens (primary N) is 1. The van der Waals surface area contributed by atoms with Gasteiger partial charge < -0.3 is 19.9 Å². The van der Waals surface area contributed by atoms with Crippen LogP contribution in [0, 0.1) is 5.41 Å². The Bertz CT molecular complexity index is 526. The quantitative estimate of drug-likeness (QED) is 0.782. The number of ether oxygens (including phenoxy) is 1. The van der Waals surface area contributed by atoms with E-state index in [0.717, 1.165) is 25.7 Å². The molecule has 136 valence electrons. The Labute approximate surface area is 143 Å². The first-order valence-corrected chi connectivity index (χ1v) is 8.88. The molecule has 7 heteroatoms. The van der Waals surface area contributed by atoms with E-state index >= 15 is 0 Å². The Hall–Kier alpha value is -1.47. The smallest absolute Gasteiger partial charge is 0.246 e. The molecule has 1 aliphatic rings. The van der Waals surface area contributed by atoms with Crippen LogP contribution < -0.4 is 5.73 Å². The summed E-state index contributed by atoms with van der Waals surface area (Å²) in [6.07, 6.45) is 5.94. The van der Waals surface area contributed by atoms with Crippen LogP contribution in [0.5, 0.6) is 0 Å². The molecule has 1 atom stereocenters.